The van der Waals surface area contributed by atoms with Gasteiger partial charge < -0.3 is 25.5 Å². The molecule has 26 heavy (non-hydrogen) atoms. The molecule has 0 bridgehead atoms. The fraction of sp³-hybridized carbons (Fsp3) is 0.842. The van der Waals surface area contributed by atoms with Gasteiger partial charge in [-0.3, -0.25) is 0 Å². The Morgan fingerprint density at radius 3 is 2.46 bits per heavy atom. The summed E-state index contributed by atoms with van der Waals surface area (Å²) in [6.07, 6.45) is 12.3. The van der Waals surface area contributed by atoms with Gasteiger partial charge in [0.25, 0.3) is 0 Å². The Hall–Kier alpha value is -1.79. The van der Waals surface area contributed by atoms with E-state index >= 15 is 0 Å². The van der Waals surface area contributed by atoms with Gasteiger partial charge in [-0.15, -0.1) is 0 Å². The molecule has 0 aromatic heterocycles. The first-order chi connectivity index (χ1) is 12.7. The predicted molar refractivity (Wildman–Crippen MR) is 101 cm³/mol. The number of rotatable bonds is 12. The molecule has 1 fully saturated rings. The number of alkyl carbamates (subject to hydrolysis) is 1. The summed E-state index contributed by atoms with van der Waals surface area (Å²) in [6, 6.07) is -1.09. The molecule has 0 radical (unpaired) electrons. The summed E-state index contributed by atoms with van der Waals surface area (Å²) in [4.78, 5) is 34.6. The number of unbranched alkanes of at least 4 members (excludes halogenated alkanes) is 5. The maximum Gasteiger partial charge on any atom is 0.407 e. The molecule has 1 atom stereocenters. The van der Waals surface area contributed by atoms with Crippen LogP contribution < -0.4 is 16.0 Å². The number of nitrogens with one attached hydrogen (secondary N) is 3. The zero-order valence-electron chi connectivity index (χ0n) is 16.1. The Balaban J connectivity index is 2.09. The molecule has 7 nitrogen and oxygen atoms in total. The number of carbonyl (C=O) groups excluding carboxylic acids is 3. The van der Waals surface area contributed by atoms with E-state index in [2.05, 4.69) is 22.9 Å². The molecular weight excluding hydrogens is 334 g/mol. The van der Waals surface area contributed by atoms with Crippen LogP contribution in [0.4, 0.5) is 9.59 Å². The van der Waals surface area contributed by atoms with Gasteiger partial charge in [-0.25, -0.2) is 9.59 Å². The lowest BCUT2D eigenvalue weighted by molar-refractivity contribution is -0.110. The molecule has 0 heterocycles. The second kappa shape index (κ2) is 14.4. The third-order valence-electron chi connectivity index (χ3n) is 4.62. The van der Waals surface area contributed by atoms with E-state index in [0.717, 1.165) is 38.5 Å². The monoisotopic (exact) mass is 369 g/mol. The van der Waals surface area contributed by atoms with Crippen molar-refractivity contribution in [1.29, 1.82) is 0 Å². The van der Waals surface area contributed by atoms with Crippen LogP contribution in [-0.2, 0) is 9.53 Å². The minimum Gasteiger partial charge on any atom is -0.447 e. The summed E-state index contributed by atoms with van der Waals surface area (Å²) in [7, 11) is 0. The fourth-order valence-electron chi connectivity index (χ4n) is 3.06. The summed E-state index contributed by atoms with van der Waals surface area (Å²) < 4.78 is 5.06. The Bertz CT molecular complexity index is 412. The van der Waals surface area contributed by atoms with E-state index in [9.17, 15) is 14.4 Å². The summed E-state index contributed by atoms with van der Waals surface area (Å²) in [6.45, 7) is 2.59. The van der Waals surface area contributed by atoms with Crippen molar-refractivity contribution in [3.8, 4) is 0 Å². The van der Waals surface area contributed by atoms with Crippen molar-refractivity contribution < 1.29 is 19.1 Å². The number of aldehydes is 1. The van der Waals surface area contributed by atoms with Crippen LogP contribution in [0.25, 0.3) is 0 Å². The number of hydrogen-bond donors (Lipinski definition) is 3. The normalized spacial score (nSPS) is 15.7. The van der Waals surface area contributed by atoms with Gasteiger partial charge >= 0.3 is 12.1 Å². The maximum absolute atomic E-state index is 11.8. The van der Waals surface area contributed by atoms with Crippen molar-refractivity contribution >= 4 is 18.4 Å². The topological polar surface area (TPSA) is 96.5 Å². The molecule has 0 aromatic carbocycles. The quantitative estimate of drug-likeness (QED) is 0.363. The SMILES string of the molecule is CCCCCCCCNC(=O)NC(C=O)COC(=O)NC1CCCCC1. The van der Waals surface area contributed by atoms with Crippen molar-refractivity contribution in [3.63, 3.8) is 0 Å². The van der Waals surface area contributed by atoms with E-state index in [-0.39, 0.29) is 12.6 Å². The minimum absolute atomic E-state index is 0.152. The molecule has 0 spiro atoms. The van der Waals surface area contributed by atoms with E-state index in [1.807, 2.05) is 0 Å². The van der Waals surface area contributed by atoms with Crippen LogP contribution in [0.5, 0.6) is 0 Å². The second-order valence-electron chi connectivity index (χ2n) is 6.99. The lowest BCUT2D eigenvalue weighted by Gasteiger charge is -2.22. The summed E-state index contributed by atoms with van der Waals surface area (Å²) >= 11 is 0. The highest BCUT2D eigenvalue weighted by Crippen LogP contribution is 2.17. The number of ether oxygens (including phenoxy) is 1. The molecule has 1 aliphatic carbocycles. The Morgan fingerprint density at radius 2 is 1.77 bits per heavy atom. The Labute approximate surface area is 157 Å². The van der Waals surface area contributed by atoms with Crippen molar-refractivity contribution in [3.05, 3.63) is 0 Å². The highest BCUT2D eigenvalue weighted by atomic mass is 16.5. The third kappa shape index (κ3) is 10.9. The number of hydrogen-bond acceptors (Lipinski definition) is 4. The van der Waals surface area contributed by atoms with E-state index in [0.29, 0.717) is 12.8 Å². The summed E-state index contributed by atoms with van der Waals surface area (Å²) in [5, 5.41) is 8.05. The smallest absolute Gasteiger partial charge is 0.407 e. The van der Waals surface area contributed by atoms with Crippen LogP contribution in [0, 0.1) is 0 Å². The van der Waals surface area contributed by atoms with Crippen LogP contribution in [0.15, 0.2) is 0 Å². The third-order valence-corrected chi connectivity index (χ3v) is 4.62. The van der Waals surface area contributed by atoms with Gasteiger partial charge in [0.1, 0.15) is 18.9 Å². The first kappa shape index (κ1) is 22.3. The average molecular weight is 370 g/mol. The lowest BCUT2D eigenvalue weighted by Crippen LogP contribution is -2.46. The molecular formula is C19H35N3O4. The first-order valence-corrected chi connectivity index (χ1v) is 10.1. The number of urea groups is 1. The Morgan fingerprint density at radius 1 is 1.08 bits per heavy atom. The van der Waals surface area contributed by atoms with Crippen LogP contribution in [-0.4, -0.2) is 43.6 Å². The molecule has 3 N–H and O–H groups in total. The molecule has 1 unspecified atom stereocenters. The maximum atomic E-state index is 11.8. The van der Waals surface area contributed by atoms with E-state index in [1.165, 1.54) is 32.1 Å². The van der Waals surface area contributed by atoms with E-state index in [1.54, 1.807) is 0 Å². The molecule has 150 valence electrons. The molecule has 1 aliphatic rings. The fourth-order valence-corrected chi connectivity index (χ4v) is 3.06. The van der Waals surface area contributed by atoms with Crippen LogP contribution >= 0.6 is 0 Å². The zero-order valence-corrected chi connectivity index (χ0v) is 16.1. The molecule has 0 aliphatic heterocycles. The highest BCUT2D eigenvalue weighted by Gasteiger charge is 2.18. The van der Waals surface area contributed by atoms with Gasteiger partial charge in [-0.1, -0.05) is 58.3 Å². The van der Waals surface area contributed by atoms with Gasteiger partial charge in [-0.2, -0.15) is 0 Å². The van der Waals surface area contributed by atoms with Crippen LogP contribution in [0.1, 0.15) is 77.6 Å². The molecule has 3 amide bonds. The van der Waals surface area contributed by atoms with Gasteiger partial charge in [0.2, 0.25) is 0 Å². The highest BCUT2D eigenvalue weighted by molar-refractivity contribution is 5.78. The van der Waals surface area contributed by atoms with E-state index in [4.69, 9.17) is 4.74 Å². The molecule has 0 saturated heterocycles. The van der Waals surface area contributed by atoms with Crippen LogP contribution in [0.2, 0.25) is 0 Å². The molecule has 1 saturated carbocycles. The molecule has 0 aromatic rings. The van der Waals surface area contributed by atoms with Crippen molar-refractivity contribution in [2.45, 2.75) is 89.6 Å². The lowest BCUT2D eigenvalue weighted by atomic mass is 9.96. The summed E-state index contributed by atoms with van der Waals surface area (Å²) in [5.74, 6) is 0. The number of amides is 3. The van der Waals surface area contributed by atoms with Gasteiger partial charge in [0.05, 0.1) is 0 Å². The minimum atomic E-state index is -0.836. The first-order valence-electron chi connectivity index (χ1n) is 10.1. The van der Waals surface area contributed by atoms with Gasteiger partial charge in [0.15, 0.2) is 0 Å². The largest absolute Gasteiger partial charge is 0.447 e. The predicted octanol–water partition coefficient (Wildman–Crippen LogP) is 3.27. The molecule has 7 heteroatoms. The van der Waals surface area contributed by atoms with Crippen LogP contribution in [0.3, 0.4) is 0 Å². The van der Waals surface area contributed by atoms with Gasteiger partial charge in [-0.05, 0) is 19.3 Å². The van der Waals surface area contributed by atoms with Crippen molar-refractivity contribution in [1.82, 2.24) is 16.0 Å². The summed E-state index contributed by atoms with van der Waals surface area (Å²) in [5.41, 5.74) is 0. The van der Waals surface area contributed by atoms with Gasteiger partial charge in [0, 0.05) is 12.6 Å². The molecule has 1 rings (SSSR count). The number of carbonyl (C=O) groups is 3. The van der Waals surface area contributed by atoms with Crippen molar-refractivity contribution in [2.75, 3.05) is 13.2 Å². The second-order valence-corrected chi connectivity index (χ2v) is 6.99. The average Bonchev–Trinajstić information content (AvgIpc) is 2.65. The standard InChI is InChI=1S/C19H35N3O4/c1-2-3-4-5-6-10-13-20-18(24)21-17(14-23)15-26-19(25)22-16-11-8-7-9-12-16/h14,16-17H,2-13,15H2,1H3,(H,22,25)(H2,20,21,24). The zero-order chi connectivity index (χ0) is 19.0. The van der Waals surface area contributed by atoms with E-state index < -0.39 is 18.2 Å². The van der Waals surface area contributed by atoms with Crippen molar-refractivity contribution in [2.24, 2.45) is 0 Å². The Kier molecular flexibility index (Phi) is 12.3.